The lowest BCUT2D eigenvalue weighted by molar-refractivity contribution is 0.311. The molecule has 0 aliphatic rings. The Morgan fingerprint density at radius 1 is 1.10 bits per heavy atom. The van der Waals surface area contributed by atoms with Crippen molar-refractivity contribution < 1.29 is 4.74 Å². The van der Waals surface area contributed by atoms with Crippen LogP contribution < -0.4 is 10.1 Å². The summed E-state index contributed by atoms with van der Waals surface area (Å²) in [5.41, 5.74) is 2.57. The van der Waals surface area contributed by atoms with E-state index in [1.807, 2.05) is 0 Å². The second-order valence-corrected chi connectivity index (χ2v) is 5.84. The molecular formula is C18H31NO. The summed E-state index contributed by atoms with van der Waals surface area (Å²) in [7, 11) is 0. The molecule has 0 amide bonds. The third kappa shape index (κ3) is 6.42. The van der Waals surface area contributed by atoms with Gasteiger partial charge >= 0.3 is 0 Å². The standard InChI is InChI=1S/C18H31NO/c1-5-6-7-8-11-19-12-13-20-18-14-17(15(2)3)10-9-16(18)4/h9-10,14-15,19H,5-8,11-13H2,1-4H3. The molecule has 0 atom stereocenters. The van der Waals surface area contributed by atoms with Crippen LogP contribution in [0.5, 0.6) is 5.75 Å². The molecule has 0 aliphatic heterocycles. The van der Waals surface area contributed by atoms with Crippen LogP contribution in [0.4, 0.5) is 0 Å². The highest BCUT2D eigenvalue weighted by Gasteiger charge is 2.04. The minimum absolute atomic E-state index is 0.551. The van der Waals surface area contributed by atoms with Crippen LogP contribution in [0.1, 0.15) is 63.5 Å². The van der Waals surface area contributed by atoms with Crippen molar-refractivity contribution in [2.24, 2.45) is 0 Å². The lowest BCUT2D eigenvalue weighted by atomic mass is 10.0. The molecule has 1 rings (SSSR count). The number of hydrogen-bond acceptors (Lipinski definition) is 2. The van der Waals surface area contributed by atoms with E-state index in [2.05, 4.69) is 51.2 Å². The first-order valence-electron chi connectivity index (χ1n) is 8.09. The van der Waals surface area contributed by atoms with Crippen molar-refractivity contribution in [3.05, 3.63) is 29.3 Å². The quantitative estimate of drug-likeness (QED) is 0.628. The summed E-state index contributed by atoms with van der Waals surface area (Å²) in [6, 6.07) is 6.53. The molecule has 0 saturated carbocycles. The van der Waals surface area contributed by atoms with Crippen LogP contribution in [0.15, 0.2) is 18.2 Å². The zero-order valence-electron chi connectivity index (χ0n) is 13.7. The van der Waals surface area contributed by atoms with Crippen molar-refractivity contribution in [1.82, 2.24) is 5.32 Å². The Bertz CT molecular complexity index is 374. The van der Waals surface area contributed by atoms with Gasteiger partial charge in [-0.25, -0.2) is 0 Å². The van der Waals surface area contributed by atoms with E-state index >= 15 is 0 Å². The second-order valence-electron chi connectivity index (χ2n) is 5.84. The molecule has 0 aliphatic carbocycles. The Labute approximate surface area is 124 Å². The zero-order valence-corrected chi connectivity index (χ0v) is 13.7. The maximum Gasteiger partial charge on any atom is 0.122 e. The van der Waals surface area contributed by atoms with Gasteiger partial charge in [0.2, 0.25) is 0 Å². The fourth-order valence-corrected chi connectivity index (χ4v) is 2.17. The fourth-order valence-electron chi connectivity index (χ4n) is 2.17. The first-order valence-corrected chi connectivity index (χ1v) is 8.09. The molecule has 2 nitrogen and oxygen atoms in total. The number of benzene rings is 1. The number of hydrogen-bond donors (Lipinski definition) is 1. The van der Waals surface area contributed by atoms with Crippen molar-refractivity contribution in [3.8, 4) is 5.75 Å². The summed E-state index contributed by atoms with van der Waals surface area (Å²) < 4.78 is 5.89. The fraction of sp³-hybridized carbons (Fsp3) is 0.667. The van der Waals surface area contributed by atoms with Crippen LogP contribution in [-0.2, 0) is 0 Å². The Balaban J connectivity index is 2.23. The predicted molar refractivity (Wildman–Crippen MR) is 87.8 cm³/mol. The summed E-state index contributed by atoms with van der Waals surface area (Å²) in [5.74, 6) is 1.58. The highest BCUT2D eigenvalue weighted by atomic mass is 16.5. The van der Waals surface area contributed by atoms with E-state index in [9.17, 15) is 0 Å². The van der Waals surface area contributed by atoms with E-state index in [1.165, 1.54) is 36.8 Å². The van der Waals surface area contributed by atoms with Crippen LogP contribution in [0.25, 0.3) is 0 Å². The van der Waals surface area contributed by atoms with Crippen molar-refractivity contribution >= 4 is 0 Å². The van der Waals surface area contributed by atoms with Crippen LogP contribution in [0.2, 0.25) is 0 Å². The lowest BCUT2D eigenvalue weighted by Gasteiger charge is -2.13. The van der Waals surface area contributed by atoms with Gasteiger partial charge in [-0.3, -0.25) is 0 Å². The summed E-state index contributed by atoms with van der Waals surface area (Å²) >= 11 is 0. The molecule has 2 heteroatoms. The van der Waals surface area contributed by atoms with Gasteiger partial charge in [-0.15, -0.1) is 0 Å². The monoisotopic (exact) mass is 277 g/mol. The highest BCUT2D eigenvalue weighted by Crippen LogP contribution is 2.24. The maximum absolute atomic E-state index is 5.89. The summed E-state index contributed by atoms with van der Waals surface area (Å²) in [5, 5.41) is 3.45. The molecule has 0 heterocycles. The maximum atomic E-state index is 5.89. The van der Waals surface area contributed by atoms with Gasteiger partial charge in [0.25, 0.3) is 0 Å². The minimum atomic E-state index is 0.551. The molecule has 0 aromatic heterocycles. The summed E-state index contributed by atoms with van der Waals surface area (Å²) in [4.78, 5) is 0. The molecule has 0 unspecified atom stereocenters. The van der Waals surface area contributed by atoms with E-state index < -0.39 is 0 Å². The first kappa shape index (κ1) is 17.0. The van der Waals surface area contributed by atoms with Gasteiger partial charge in [-0.2, -0.15) is 0 Å². The molecule has 114 valence electrons. The Hall–Kier alpha value is -1.02. The topological polar surface area (TPSA) is 21.3 Å². The number of nitrogens with one attached hydrogen (secondary N) is 1. The van der Waals surface area contributed by atoms with Gasteiger partial charge in [0.15, 0.2) is 0 Å². The normalized spacial score (nSPS) is 11.1. The SMILES string of the molecule is CCCCCCNCCOc1cc(C(C)C)ccc1C. The van der Waals surface area contributed by atoms with E-state index in [4.69, 9.17) is 4.74 Å². The van der Waals surface area contributed by atoms with E-state index in [0.29, 0.717) is 5.92 Å². The lowest BCUT2D eigenvalue weighted by Crippen LogP contribution is -2.22. The van der Waals surface area contributed by atoms with Gasteiger partial charge in [-0.1, -0.05) is 52.2 Å². The van der Waals surface area contributed by atoms with E-state index in [-0.39, 0.29) is 0 Å². The molecule has 0 spiro atoms. The molecule has 1 N–H and O–H groups in total. The third-order valence-corrected chi connectivity index (χ3v) is 3.62. The first-order chi connectivity index (χ1) is 9.65. The van der Waals surface area contributed by atoms with E-state index in [0.717, 1.165) is 25.4 Å². The summed E-state index contributed by atoms with van der Waals surface area (Å²) in [6.07, 6.45) is 5.25. The molecular weight excluding hydrogens is 246 g/mol. The molecule has 0 bridgehead atoms. The average molecular weight is 277 g/mol. The van der Waals surface area contributed by atoms with Crippen LogP contribution >= 0.6 is 0 Å². The predicted octanol–water partition coefficient (Wildman–Crippen LogP) is 4.67. The van der Waals surface area contributed by atoms with Gasteiger partial charge in [-0.05, 0) is 43.0 Å². The van der Waals surface area contributed by atoms with Gasteiger partial charge in [0.1, 0.15) is 12.4 Å². The number of aryl methyl sites for hydroxylation is 1. The van der Waals surface area contributed by atoms with Crippen LogP contribution in [0.3, 0.4) is 0 Å². The molecule has 20 heavy (non-hydrogen) atoms. The van der Waals surface area contributed by atoms with Crippen molar-refractivity contribution in [3.63, 3.8) is 0 Å². The number of unbranched alkanes of at least 4 members (excludes halogenated alkanes) is 3. The zero-order chi connectivity index (χ0) is 14.8. The van der Waals surface area contributed by atoms with Crippen LogP contribution in [0, 0.1) is 6.92 Å². The molecule has 0 saturated heterocycles. The smallest absolute Gasteiger partial charge is 0.122 e. The average Bonchev–Trinajstić information content (AvgIpc) is 2.43. The van der Waals surface area contributed by atoms with Gasteiger partial charge in [0, 0.05) is 6.54 Å². The second kappa shape index (κ2) is 9.82. The van der Waals surface area contributed by atoms with Crippen LogP contribution in [-0.4, -0.2) is 19.7 Å². The number of rotatable bonds is 10. The largest absolute Gasteiger partial charge is 0.492 e. The summed E-state index contributed by atoms with van der Waals surface area (Å²) in [6.45, 7) is 11.6. The number of ether oxygens (including phenoxy) is 1. The minimum Gasteiger partial charge on any atom is -0.492 e. The van der Waals surface area contributed by atoms with E-state index in [1.54, 1.807) is 0 Å². The molecule has 1 aromatic carbocycles. The Morgan fingerprint density at radius 3 is 2.60 bits per heavy atom. The van der Waals surface area contributed by atoms with Gasteiger partial charge in [0.05, 0.1) is 0 Å². The van der Waals surface area contributed by atoms with Crippen molar-refractivity contribution in [1.29, 1.82) is 0 Å². The Morgan fingerprint density at radius 2 is 1.90 bits per heavy atom. The van der Waals surface area contributed by atoms with Gasteiger partial charge < -0.3 is 10.1 Å². The Kier molecular flexibility index (Phi) is 8.36. The van der Waals surface area contributed by atoms with Crippen molar-refractivity contribution in [2.45, 2.75) is 59.3 Å². The molecule has 0 radical (unpaired) electrons. The molecule has 1 aromatic rings. The molecule has 0 fully saturated rings. The van der Waals surface area contributed by atoms with Crippen molar-refractivity contribution in [2.75, 3.05) is 19.7 Å². The third-order valence-electron chi connectivity index (χ3n) is 3.62. The highest BCUT2D eigenvalue weighted by molar-refractivity contribution is 5.37.